The van der Waals surface area contributed by atoms with Crippen LogP contribution in [0.1, 0.15) is 17.2 Å². The molecule has 0 bridgehead atoms. The molecule has 0 aromatic heterocycles. The average Bonchev–Trinajstić information content (AvgIpc) is 2.75. The van der Waals surface area contributed by atoms with Crippen molar-refractivity contribution in [2.75, 3.05) is 13.7 Å². The molecule has 1 fully saturated rings. The van der Waals surface area contributed by atoms with Gasteiger partial charge in [-0.2, -0.15) is 5.26 Å². The number of methoxy groups -OCH3 is 1. The van der Waals surface area contributed by atoms with E-state index < -0.39 is 6.10 Å². The standard InChI is InChI=1S/C24H20N2O2/c1-28-23-22(21-13-7-11-19-10-5-6-12-20(19)21)26(24(23)27)16-18(15-25)14-17-8-3-2-4-9-17/h2-14,22-23H,16H2,1H3/b18-14+/t22-,23+/m1/s1. The first-order valence-corrected chi connectivity index (χ1v) is 9.19. The van der Waals surface area contributed by atoms with E-state index in [9.17, 15) is 10.1 Å². The van der Waals surface area contributed by atoms with Crippen LogP contribution < -0.4 is 0 Å². The zero-order valence-corrected chi connectivity index (χ0v) is 15.6. The van der Waals surface area contributed by atoms with Crippen molar-refractivity contribution in [3.05, 3.63) is 89.5 Å². The average molecular weight is 368 g/mol. The molecule has 0 radical (unpaired) electrons. The van der Waals surface area contributed by atoms with E-state index in [1.54, 1.807) is 12.0 Å². The van der Waals surface area contributed by atoms with E-state index in [2.05, 4.69) is 24.3 Å². The van der Waals surface area contributed by atoms with Crippen molar-refractivity contribution in [2.45, 2.75) is 12.1 Å². The minimum absolute atomic E-state index is 0.0883. The molecule has 3 aromatic rings. The minimum Gasteiger partial charge on any atom is -0.369 e. The SMILES string of the molecule is CO[C@@H]1C(=O)N(C/C(C#N)=C/c2ccccc2)[C@@H]1c1cccc2ccccc12. The van der Waals surface area contributed by atoms with Crippen LogP contribution in [-0.4, -0.2) is 30.6 Å². The topological polar surface area (TPSA) is 53.3 Å². The van der Waals surface area contributed by atoms with Gasteiger partial charge in [0, 0.05) is 12.7 Å². The second-order valence-corrected chi connectivity index (χ2v) is 6.83. The number of hydrogen-bond donors (Lipinski definition) is 0. The third-order valence-corrected chi connectivity index (χ3v) is 5.17. The molecule has 1 amide bonds. The third-order valence-electron chi connectivity index (χ3n) is 5.17. The predicted octanol–water partition coefficient (Wildman–Crippen LogP) is 4.35. The molecule has 4 nitrogen and oxygen atoms in total. The van der Waals surface area contributed by atoms with E-state index in [0.29, 0.717) is 5.57 Å². The molecule has 4 heteroatoms. The maximum atomic E-state index is 12.7. The molecule has 28 heavy (non-hydrogen) atoms. The highest BCUT2D eigenvalue weighted by molar-refractivity contribution is 5.93. The lowest BCUT2D eigenvalue weighted by atomic mass is 9.87. The quantitative estimate of drug-likeness (QED) is 0.497. The lowest BCUT2D eigenvalue weighted by molar-refractivity contribution is -0.169. The lowest BCUT2D eigenvalue weighted by Gasteiger charge is -2.46. The Morgan fingerprint density at radius 1 is 1.07 bits per heavy atom. The van der Waals surface area contributed by atoms with E-state index in [1.807, 2.05) is 60.7 Å². The number of likely N-dealkylation sites (tertiary alicyclic amines) is 1. The molecular weight excluding hydrogens is 348 g/mol. The van der Waals surface area contributed by atoms with Gasteiger partial charge in [-0.05, 0) is 28.0 Å². The van der Waals surface area contributed by atoms with E-state index in [1.165, 1.54) is 0 Å². The Bertz CT molecular complexity index is 1080. The van der Waals surface area contributed by atoms with Crippen LogP contribution in [0.15, 0.2) is 78.4 Å². The number of β-lactam (4-membered cyclic amide) rings is 1. The molecule has 0 N–H and O–H groups in total. The van der Waals surface area contributed by atoms with Gasteiger partial charge < -0.3 is 9.64 Å². The maximum absolute atomic E-state index is 12.7. The zero-order valence-electron chi connectivity index (χ0n) is 15.6. The Labute approximate surface area is 164 Å². The van der Waals surface area contributed by atoms with Crippen LogP contribution in [-0.2, 0) is 9.53 Å². The molecule has 4 rings (SSSR count). The number of amides is 1. The van der Waals surface area contributed by atoms with Crippen molar-refractivity contribution in [1.82, 2.24) is 4.90 Å². The molecule has 3 aromatic carbocycles. The summed E-state index contributed by atoms with van der Waals surface area (Å²) in [7, 11) is 1.56. The highest BCUT2D eigenvalue weighted by Crippen LogP contribution is 2.40. The number of carbonyl (C=O) groups is 1. The zero-order chi connectivity index (χ0) is 19.5. The number of nitriles is 1. The molecule has 2 atom stereocenters. The number of benzene rings is 3. The highest BCUT2D eigenvalue weighted by atomic mass is 16.5. The smallest absolute Gasteiger partial charge is 0.255 e. The summed E-state index contributed by atoms with van der Waals surface area (Å²) in [5, 5.41) is 11.8. The molecule has 0 unspecified atom stereocenters. The third kappa shape index (κ3) is 3.17. The minimum atomic E-state index is -0.525. The van der Waals surface area contributed by atoms with Crippen LogP contribution in [0.25, 0.3) is 16.8 Å². The van der Waals surface area contributed by atoms with Gasteiger partial charge in [-0.15, -0.1) is 0 Å². The predicted molar refractivity (Wildman–Crippen MR) is 109 cm³/mol. The summed E-state index contributed by atoms with van der Waals surface area (Å²) in [4.78, 5) is 14.4. The summed E-state index contributed by atoms with van der Waals surface area (Å²) in [6.07, 6.45) is 1.30. The summed E-state index contributed by atoms with van der Waals surface area (Å²) in [5.74, 6) is -0.0883. The summed E-state index contributed by atoms with van der Waals surface area (Å²) in [6.45, 7) is 0.262. The summed E-state index contributed by atoms with van der Waals surface area (Å²) in [6, 6.07) is 25.9. The number of fused-ring (bicyclic) bond motifs is 1. The fourth-order valence-electron chi connectivity index (χ4n) is 3.81. The molecular formula is C24H20N2O2. The largest absolute Gasteiger partial charge is 0.369 e. The first-order valence-electron chi connectivity index (χ1n) is 9.19. The highest BCUT2D eigenvalue weighted by Gasteiger charge is 2.49. The van der Waals surface area contributed by atoms with Gasteiger partial charge in [0.2, 0.25) is 0 Å². The Morgan fingerprint density at radius 2 is 1.79 bits per heavy atom. The van der Waals surface area contributed by atoms with Crippen LogP contribution in [0.5, 0.6) is 0 Å². The molecule has 1 saturated heterocycles. The Morgan fingerprint density at radius 3 is 2.54 bits per heavy atom. The molecule has 0 spiro atoms. The van der Waals surface area contributed by atoms with Gasteiger partial charge in [0.15, 0.2) is 6.10 Å². The van der Waals surface area contributed by atoms with Crippen molar-refractivity contribution in [3.63, 3.8) is 0 Å². The Hall–Kier alpha value is -3.42. The van der Waals surface area contributed by atoms with Crippen molar-refractivity contribution < 1.29 is 9.53 Å². The van der Waals surface area contributed by atoms with E-state index in [-0.39, 0.29) is 18.5 Å². The molecule has 138 valence electrons. The van der Waals surface area contributed by atoms with Gasteiger partial charge in [0.05, 0.1) is 18.7 Å². The van der Waals surface area contributed by atoms with Crippen molar-refractivity contribution in [1.29, 1.82) is 5.26 Å². The first-order chi connectivity index (χ1) is 13.7. The molecule has 1 heterocycles. The molecule has 1 aliphatic rings. The number of rotatable bonds is 5. The van der Waals surface area contributed by atoms with Gasteiger partial charge in [-0.3, -0.25) is 4.79 Å². The Kier molecular flexibility index (Phi) is 4.92. The van der Waals surface area contributed by atoms with Gasteiger partial charge in [-0.25, -0.2) is 0 Å². The van der Waals surface area contributed by atoms with Crippen molar-refractivity contribution >= 4 is 22.8 Å². The van der Waals surface area contributed by atoms with Gasteiger partial charge >= 0.3 is 0 Å². The van der Waals surface area contributed by atoms with Crippen LogP contribution in [0, 0.1) is 11.3 Å². The first kappa shape index (κ1) is 18.0. The van der Waals surface area contributed by atoms with Crippen molar-refractivity contribution in [2.24, 2.45) is 0 Å². The summed E-state index contributed by atoms with van der Waals surface area (Å²) >= 11 is 0. The maximum Gasteiger partial charge on any atom is 0.255 e. The summed E-state index contributed by atoms with van der Waals surface area (Å²) in [5.41, 5.74) is 2.53. The normalized spacial score (nSPS) is 19.4. The van der Waals surface area contributed by atoms with Crippen LogP contribution in [0.4, 0.5) is 0 Å². The molecule has 0 saturated carbocycles. The monoisotopic (exact) mass is 368 g/mol. The van der Waals surface area contributed by atoms with Crippen molar-refractivity contribution in [3.8, 4) is 6.07 Å². The van der Waals surface area contributed by atoms with Crippen LogP contribution in [0.3, 0.4) is 0 Å². The second-order valence-electron chi connectivity index (χ2n) is 6.83. The molecule has 0 aliphatic carbocycles. The number of ether oxygens (including phenoxy) is 1. The number of hydrogen-bond acceptors (Lipinski definition) is 3. The van der Waals surface area contributed by atoms with E-state index in [4.69, 9.17) is 4.74 Å². The fourth-order valence-corrected chi connectivity index (χ4v) is 3.81. The van der Waals surface area contributed by atoms with Crippen LogP contribution in [0.2, 0.25) is 0 Å². The second kappa shape index (κ2) is 7.67. The van der Waals surface area contributed by atoms with Gasteiger partial charge in [0.1, 0.15) is 0 Å². The molecule has 1 aliphatic heterocycles. The lowest BCUT2D eigenvalue weighted by Crippen LogP contribution is -2.59. The number of carbonyl (C=O) groups excluding carboxylic acids is 1. The van der Waals surface area contributed by atoms with E-state index >= 15 is 0 Å². The van der Waals surface area contributed by atoms with E-state index in [0.717, 1.165) is 21.9 Å². The van der Waals surface area contributed by atoms with Crippen LogP contribution >= 0.6 is 0 Å². The summed E-state index contributed by atoms with van der Waals surface area (Å²) < 4.78 is 5.48. The number of nitrogens with zero attached hydrogens (tertiary/aromatic N) is 2. The fraction of sp³-hybridized carbons (Fsp3) is 0.167. The van der Waals surface area contributed by atoms with Gasteiger partial charge in [-0.1, -0.05) is 72.8 Å². The van der Waals surface area contributed by atoms with Gasteiger partial charge in [0.25, 0.3) is 5.91 Å². The Balaban J connectivity index is 1.69.